The van der Waals surface area contributed by atoms with Crippen LogP contribution in [-0.4, -0.2) is 34.1 Å². The first-order valence-corrected chi connectivity index (χ1v) is 8.42. The van der Waals surface area contributed by atoms with Crippen LogP contribution in [0.1, 0.15) is 38.5 Å². The molecule has 2 atom stereocenters. The second kappa shape index (κ2) is 18.5. The molecule has 134 valence electrons. The molecule has 0 heterocycles. The highest BCUT2D eigenvalue weighted by Crippen LogP contribution is 2.02. The van der Waals surface area contributed by atoms with Crippen molar-refractivity contribution < 1.29 is 15.3 Å². The minimum atomic E-state index is -1.02. The largest absolute Gasteiger partial charge is 0.393 e. The van der Waals surface area contributed by atoms with Crippen LogP contribution >= 0.6 is 0 Å². The molecule has 0 aliphatic carbocycles. The summed E-state index contributed by atoms with van der Waals surface area (Å²) in [5.74, 6) is 24.0. The normalized spacial score (nSPS) is 11.6. The minimum Gasteiger partial charge on any atom is -0.393 e. The lowest BCUT2D eigenvalue weighted by Crippen LogP contribution is -2.07. The van der Waals surface area contributed by atoms with Crippen molar-refractivity contribution in [1.29, 1.82) is 0 Å². The summed E-state index contributed by atoms with van der Waals surface area (Å²) >= 11 is 0. The van der Waals surface area contributed by atoms with Crippen molar-refractivity contribution in [2.24, 2.45) is 0 Å². The SMILES string of the molecule is C#C/C=C/[C@H](O)CCC/C=C\C#CC#CCCCC#CC#C[C@@H](O)CO. The van der Waals surface area contributed by atoms with Gasteiger partial charge in [0.1, 0.15) is 6.10 Å². The highest BCUT2D eigenvalue weighted by Gasteiger charge is 1.96. The van der Waals surface area contributed by atoms with Gasteiger partial charge in [0.05, 0.1) is 12.7 Å². The Morgan fingerprint density at radius 2 is 1.65 bits per heavy atom. The van der Waals surface area contributed by atoms with Crippen molar-refractivity contribution in [2.75, 3.05) is 6.61 Å². The van der Waals surface area contributed by atoms with Crippen LogP contribution in [0.15, 0.2) is 24.3 Å². The van der Waals surface area contributed by atoms with Gasteiger partial charge in [0.15, 0.2) is 0 Å². The fourth-order valence-electron chi connectivity index (χ4n) is 1.57. The molecule has 0 radical (unpaired) electrons. The molecule has 0 aliphatic rings. The summed E-state index contributed by atoms with van der Waals surface area (Å²) in [6.45, 7) is -0.381. The van der Waals surface area contributed by atoms with Gasteiger partial charge in [-0.05, 0) is 67.6 Å². The van der Waals surface area contributed by atoms with E-state index in [1.165, 1.54) is 6.08 Å². The molecule has 26 heavy (non-hydrogen) atoms. The van der Waals surface area contributed by atoms with Crippen LogP contribution < -0.4 is 0 Å². The summed E-state index contributed by atoms with van der Waals surface area (Å²) in [6.07, 6.45) is 15.0. The molecular formula is C23H24O3. The fraction of sp³-hybridized carbons (Fsp3) is 0.391. The lowest BCUT2D eigenvalue weighted by atomic mass is 10.1. The van der Waals surface area contributed by atoms with Crippen molar-refractivity contribution in [1.82, 2.24) is 0 Å². The molecule has 0 aromatic carbocycles. The third-order valence-corrected chi connectivity index (χ3v) is 2.88. The molecule has 0 spiro atoms. The number of allylic oxidation sites excluding steroid dienone is 3. The molecule has 0 bridgehead atoms. The maximum absolute atomic E-state index is 9.53. The van der Waals surface area contributed by atoms with Crippen molar-refractivity contribution in [3.63, 3.8) is 0 Å². The van der Waals surface area contributed by atoms with Gasteiger partial charge in [-0.3, -0.25) is 0 Å². The van der Waals surface area contributed by atoms with Crippen LogP contribution in [0.5, 0.6) is 0 Å². The van der Waals surface area contributed by atoms with E-state index in [0.717, 1.165) is 19.3 Å². The third-order valence-electron chi connectivity index (χ3n) is 2.88. The Kier molecular flexibility index (Phi) is 16.5. The quantitative estimate of drug-likeness (QED) is 0.463. The smallest absolute Gasteiger partial charge is 0.138 e. The second-order valence-electron chi connectivity index (χ2n) is 5.12. The summed E-state index contributed by atoms with van der Waals surface area (Å²) in [7, 11) is 0. The monoisotopic (exact) mass is 348 g/mol. The highest BCUT2D eigenvalue weighted by molar-refractivity contribution is 5.31. The first-order chi connectivity index (χ1) is 12.7. The number of hydrogen-bond donors (Lipinski definition) is 3. The Labute approximate surface area is 157 Å². The average Bonchev–Trinajstić information content (AvgIpc) is 2.65. The summed E-state index contributed by atoms with van der Waals surface area (Å²) in [5, 5.41) is 27.0. The van der Waals surface area contributed by atoms with E-state index in [9.17, 15) is 5.11 Å². The van der Waals surface area contributed by atoms with Crippen LogP contribution in [0.2, 0.25) is 0 Å². The van der Waals surface area contributed by atoms with E-state index >= 15 is 0 Å². The summed E-state index contributed by atoms with van der Waals surface area (Å²) in [5.41, 5.74) is 0. The van der Waals surface area contributed by atoms with Gasteiger partial charge in [-0.2, -0.15) is 0 Å². The Hall–Kier alpha value is -2.84. The summed E-state index contributed by atoms with van der Waals surface area (Å²) < 4.78 is 0. The number of aliphatic hydroxyl groups is 3. The molecule has 3 N–H and O–H groups in total. The Balaban J connectivity index is 3.77. The molecule has 0 aromatic rings. The zero-order valence-corrected chi connectivity index (χ0v) is 14.8. The number of terminal acetylenes is 1. The summed E-state index contributed by atoms with van der Waals surface area (Å²) in [6, 6.07) is 0. The molecule has 0 rings (SSSR count). The second-order valence-corrected chi connectivity index (χ2v) is 5.12. The van der Waals surface area contributed by atoms with Crippen molar-refractivity contribution in [3.8, 4) is 59.7 Å². The van der Waals surface area contributed by atoms with E-state index in [4.69, 9.17) is 16.6 Å². The van der Waals surface area contributed by atoms with Gasteiger partial charge in [0.2, 0.25) is 0 Å². The van der Waals surface area contributed by atoms with E-state index in [-0.39, 0.29) is 6.61 Å². The van der Waals surface area contributed by atoms with Crippen LogP contribution in [0.25, 0.3) is 0 Å². The van der Waals surface area contributed by atoms with Gasteiger partial charge in [-0.25, -0.2) is 0 Å². The molecule has 0 amide bonds. The zero-order valence-electron chi connectivity index (χ0n) is 14.8. The van der Waals surface area contributed by atoms with Gasteiger partial charge in [-0.15, -0.1) is 6.42 Å². The average molecular weight is 348 g/mol. The van der Waals surface area contributed by atoms with Gasteiger partial charge in [-0.1, -0.05) is 35.7 Å². The highest BCUT2D eigenvalue weighted by atomic mass is 16.3. The predicted octanol–water partition coefficient (Wildman–Crippen LogP) is 1.80. The first kappa shape index (κ1) is 23.2. The Morgan fingerprint density at radius 3 is 2.35 bits per heavy atom. The van der Waals surface area contributed by atoms with Crippen LogP contribution in [0, 0.1) is 59.7 Å². The van der Waals surface area contributed by atoms with Gasteiger partial charge in [0, 0.05) is 12.8 Å². The van der Waals surface area contributed by atoms with Crippen LogP contribution in [0.4, 0.5) is 0 Å². The fourth-order valence-corrected chi connectivity index (χ4v) is 1.57. The Morgan fingerprint density at radius 1 is 0.923 bits per heavy atom. The van der Waals surface area contributed by atoms with Crippen LogP contribution in [-0.2, 0) is 0 Å². The number of unbranched alkanes of at least 4 members (excludes halogenated alkanes) is 3. The zero-order chi connectivity index (χ0) is 19.3. The maximum Gasteiger partial charge on any atom is 0.138 e. The molecule has 3 nitrogen and oxygen atoms in total. The molecule has 0 aliphatic heterocycles. The topological polar surface area (TPSA) is 60.7 Å². The predicted molar refractivity (Wildman–Crippen MR) is 105 cm³/mol. The molecule has 0 saturated heterocycles. The van der Waals surface area contributed by atoms with E-state index in [0.29, 0.717) is 19.3 Å². The van der Waals surface area contributed by atoms with Gasteiger partial charge < -0.3 is 15.3 Å². The molecule has 0 saturated carbocycles. The summed E-state index contributed by atoms with van der Waals surface area (Å²) in [4.78, 5) is 0. The van der Waals surface area contributed by atoms with Gasteiger partial charge in [0.25, 0.3) is 0 Å². The number of rotatable bonds is 8. The molecule has 0 fully saturated rings. The lowest BCUT2D eigenvalue weighted by Gasteiger charge is -2.01. The van der Waals surface area contributed by atoms with E-state index in [2.05, 4.69) is 53.3 Å². The lowest BCUT2D eigenvalue weighted by molar-refractivity contribution is 0.138. The molecule has 0 unspecified atom stereocenters. The molecular weight excluding hydrogens is 324 g/mol. The van der Waals surface area contributed by atoms with Crippen molar-refractivity contribution in [3.05, 3.63) is 24.3 Å². The molecule has 0 aromatic heterocycles. The molecule has 3 heteroatoms. The number of aliphatic hydroxyl groups excluding tert-OH is 3. The third kappa shape index (κ3) is 17.5. The number of hydrogen-bond acceptors (Lipinski definition) is 3. The van der Waals surface area contributed by atoms with E-state index in [1.54, 1.807) is 12.2 Å². The van der Waals surface area contributed by atoms with Crippen molar-refractivity contribution in [2.45, 2.75) is 50.7 Å². The van der Waals surface area contributed by atoms with Gasteiger partial charge >= 0.3 is 0 Å². The van der Waals surface area contributed by atoms with E-state index in [1.807, 2.05) is 6.08 Å². The van der Waals surface area contributed by atoms with Crippen LogP contribution in [0.3, 0.4) is 0 Å². The Bertz CT molecular complexity index is 722. The minimum absolute atomic E-state index is 0.381. The maximum atomic E-state index is 9.53. The first-order valence-electron chi connectivity index (χ1n) is 8.42. The van der Waals surface area contributed by atoms with E-state index < -0.39 is 12.2 Å². The standard InChI is InChI=1S/C23H24O3/c1-2-3-18-22(25)19-16-14-12-10-8-6-4-5-7-9-11-13-15-17-20-23(26)21-24/h1,3,10,12,18,22-26H,7,9,11,14,16,19,21H2/b12-10-,18-3+/t22-,23+/m0/s1. The van der Waals surface area contributed by atoms with Crippen molar-refractivity contribution >= 4 is 0 Å².